The number of nitrogens with two attached hydrogens (primary N) is 1. The van der Waals surface area contributed by atoms with Gasteiger partial charge in [-0.1, -0.05) is 193 Å². The molecule has 0 rings (SSSR count). The summed E-state index contributed by atoms with van der Waals surface area (Å²) in [6, 6.07) is 0. The monoisotopic (exact) mass is 536 g/mol. The molecular weight excluding hydrogens is 462 g/mol. The van der Waals surface area contributed by atoms with Gasteiger partial charge in [-0.25, -0.2) is 0 Å². The number of primary amides is 1. The Kier molecular flexibility index (Phi) is 39.7. The van der Waals surface area contributed by atoms with Gasteiger partial charge in [0.05, 0.1) is 0 Å². The summed E-state index contributed by atoms with van der Waals surface area (Å²) in [5.74, 6) is -0.153. The second-order valence-corrected chi connectivity index (χ2v) is 11.8. The molecule has 0 spiro atoms. The summed E-state index contributed by atoms with van der Waals surface area (Å²) in [6.07, 6.45) is 44.3. The lowest BCUT2D eigenvalue weighted by atomic mass is 10.0. The molecule has 38 heavy (non-hydrogen) atoms. The lowest BCUT2D eigenvalue weighted by Crippen LogP contribution is -2.09. The van der Waals surface area contributed by atoms with Gasteiger partial charge >= 0.3 is 0 Å². The molecule has 0 radical (unpaired) electrons. The second kappa shape index (κ2) is 38.4. The molecule has 0 saturated carbocycles. The Bertz CT molecular complexity index is 433. The second-order valence-electron chi connectivity index (χ2n) is 11.8. The maximum absolute atomic E-state index is 10.6. The lowest BCUT2D eigenvalue weighted by Gasteiger charge is -2.03. The third-order valence-corrected chi connectivity index (χ3v) is 7.79. The van der Waals surface area contributed by atoms with Crippen molar-refractivity contribution in [1.29, 1.82) is 0 Å². The Balaban J connectivity index is 0. The van der Waals surface area contributed by atoms with Crippen molar-refractivity contribution in [2.24, 2.45) is 5.73 Å². The van der Waals surface area contributed by atoms with Crippen molar-refractivity contribution in [3.05, 3.63) is 12.7 Å². The molecular formula is C36H73NO. The highest BCUT2D eigenvalue weighted by atomic mass is 16.1. The van der Waals surface area contributed by atoms with Crippen LogP contribution in [0.3, 0.4) is 0 Å². The van der Waals surface area contributed by atoms with Gasteiger partial charge in [-0.3, -0.25) is 4.79 Å². The fourth-order valence-electron chi connectivity index (χ4n) is 5.15. The largest absolute Gasteiger partial charge is 0.370 e. The molecule has 0 aromatic rings. The molecule has 0 aromatic heterocycles. The zero-order valence-corrected chi connectivity index (χ0v) is 26.7. The molecule has 0 aromatic carbocycles. The van der Waals surface area contributed by atoms with Crippen molar-refractivity contribution >= 4 is 5.91 Å². The quantitative estimate of drug-likeness (QED) is 0.0696. The first-order chi connectivity index (χ1) is 18.7. The van der Waals surface area contributed by atoms with Crippen LogP contribution in [0.4, 0.5) is 0 Å². The van der Waals surface area contributed by atoms with E-state index in [0.717, 1.165) is 6.42 Å². The number of carbonyl (C=O) groups excluding carboxylic acids is 1. The molecule has 0 heterocycles. The van der Waals surface area contributed by atoms with Crippen LogP contribution in [-0.4, -0.2) is 5.91 Å². The van der Waals surface area contributed by atoms with E-state index in [2.05, 4.69) is 20.4 Å². The van der Waals surface area contributed by atoms with Crippen LogP contribution in [0, 0.1) is 0 Å². The molecule has 0 aliphatic heterocycles. The van der Waals surface area contributed by atoms with Crippen LogP contribution in [0.25, 0.3) is 0 Å². The number of rotatable bonds is 31. The third kappa shape index (κ3) is 42.3. The van der Waals surface area contributed by atoms with Gasteiger partial charge in [0.25, 0.3) is 0 Å². The Labute approximate surface area is 241 Å². The fourth-order valence-corrected chi connectivity index (χ4v) is 5.15. The highest BCUT2D eigenvalue weighted by Gasteiger charge is 1.96. The SMILES string of the molecule is C=CCCCCCCCCCCCCCCCC.CCCCCCCCCCCCCCCCCC(N)=O. The van der Waals surface area contributed by atoms with E-state index in [0.29, 0.717) is 6.42 Å². The minimum absolute atomic E-state index is 0.153. The van der Waals surface area contributed by atoms with Gasteiger partial charge in [0, 0.05) is 6.42 Å². The van der Waals surface area contributed by atoms with E-state index in [-0.39, 0.29) is 5.91 Å². The van der Waals surface area contributed by atoms with E-state index in [1.165, 1.54) is 186 Å². The van der Waals surface area contributed by atoms with Gasteiger partial charge in [0.15, 0.2) is 0 Å². The van der Waals surface area contributed by atoms with Crippen LogP contribution in [0.15, 0.2) is 12.7 Å². The maximum Gasteiger partial charge on any atom is 0.217 e. The topological polar surface area (TPSA) is 43.1 Å². The first-order valence-electron chi connectivity index (χ1n) is 17.6. The standard InChI is InChI=1S/C18H37NO.C18H36/c1-2-3-4-5-6-7-8-9-10-11-12-13-14-15-16-17-18(19)20;1-3-5-7-9-11-13-15-17-18-16-14-12-10-8-6-4-2/h2-17H2,1H3,(H2,19,20);3H,1,4-18H2,2H3. The average molecular weight is 536 g/mol. The molecule has 0 atom stereocenters. The molecule has 1 amide bonds. The molecule has 0 fully saturated rings. The molecule has 0 aliphatic rings. The number of hydrogen-bond donors (Lipinski definition) is 1. The summed E-state index contributed by atoms with van der Waals surface area (Å²) >= 11 is 0. The minimum atomic E-state index is -0.153. The minimum Gasteiger partial charge on any atom is -0.370 e. The molecule has 2 N–H and O–H groups in total. The summed E-state index contributed by atoms with van der Waals surface area (Å²) in [6.45, 7) is 8.32. The molecule has 0 unspecified atom stereocenters. The van der Waals surface area contributed by atoms with Gasteiger partial charge in [-0.15, -0.1) is 6.58 Å². The van der Waals surface area contributed by atoms with E-state index in [4.69, 9.17) is 5.73 Å². The van der Waals surface area contributed by atoms with Crippen molar-refractivity contribution < 1.29 is 4.79 Å². The molecule has 0 bridgehead atoms. The Hall–Kier alpha value is -0.790. The van der Waals surface area contributed by atoms with Crippen molar-refractivity contribution in [3.63, 3.8) is 0 Å². The van der Waals surface area contributed by atoms with Crippen LogP contribution >= 0.6 is 0 Å². The zero-order valence-electron chi connectivity index (χ0n) is 26.7. The van der Waals surface area contributed by atoms with Gasteiger partial charge in [0.2, 0.25) is 5.91 Å². The lowest BCUT2D eigenvalue weighted by molar-refractivity contribution is -0.118. The Morgan fingerprint density at radius 2 is 0.684 bits per heavy atom. The Morgan fingerprint density at radius 3 is 0.921 bits per heavy atom. The maximum atomic E-state index is 10.6. The fraction of sp³-hybridized carbons (Fsp3) is 0.917. The first kappa shape index (κ1) is 39.4. The van der Waals surface area contributed by atoms with Crippen LogP contribution in [0.5, 0.6) is 0 Å². The number of hydrogen-bond acceptors (Lipinski definition) is 1. The van der Waals surface area contributed by atoms with Gasteiger partial charge in [-0.2, -0.15) is 0 Å². The molecule has 0 saturated heterocycles. The number of carbonyl (C=O) groups is 1. The molecule has 228 valence electrons. The average Bonchev–Trinajstić information content (AvgIpc) is 2.91. The number of amides is 1. The zero-order chi connectivity index (χ0) is 28.2. The summed E-state index contributed by atoms with van der Waals surface area (Å²) in [5, 5.41) is 0. The Morgan fingerprint density at radius 1 is 0.447 bits per heavy atom. The molecule has 0 aliphatic carbocycles. The highest BCUT2D eigenvalue weighted by Crippen LogP contribution is 2.14. The van der Waals surface area contributed by atoms with E-state index in [9.17, 15) is 4.79 Å². The molecule has 2 nitrogen and oxygen atoms in total. The summed E-state index contributed by atoms with van der Waals surface area (Å²) in [5.41, 5.74) is 5.11. The smallest absolute Gasteiger partial charge is 0.217 e. The summed E-state index contributed by atoms with van der Waals surface area (Å²) in [4.78, 5) is 10.6. The van der Waals surface area contributed by atoms with Gasteiger partial charge < -0.3 is 5.73 Å². The van der Waals surface area contributed by atoms with Crippen LogP contribution < -0.4 is 5.73 Å². The van der Waals surface area contributed by atoms with E-state index < -0.39 is 0 Å². The molecule has 2 heteroatoms. The summed E-state index contributed by atoms with van der Waals surface area (Å²) < 4.78 is 0. The summed E-state index contributed by atoms with van der Waals surface area (Å²) in [7, 11) is 0. The van der Waals surface area contributed by atoms with Crippen LogP contribution in [0.2, 0.25) is 0 Å². The highest BCUT2D eigenvalue weighted by molar-refractivity contribution is 5.73. The van der Waals surface area contributed by atoms with E-state index in [1.54, 1.807) is 0 Å². The van der Waals surface area contributed by atoms with Gasteiger partial charge in [0.1, 0.15) is 0 Å². The van der Waals surface area contributed by atoms with Gasteiger partial charge in [-0.05, 0) is 19.3 Å². The van der Waals surface area contributed by atoms with E-state index >= 15 is 0 Å². The van der Waals surface area contributed by atoms with E-state index in [1.807, 2.05) is 6.08 Å². The van der Waals surface area contributed by atoms with Crippen molar-refractivity contribution in [2.45, 2.75) is 213 Å². The third-order valence-electron chi connectivity index (χ3n) is 7.79. The predicted octanol–water partition coefficient (Wildman–Crippen LogP) is 12.8. The normalized spacial score (nSPS) is 10.8. The van der Waals surface area contributed by atoms with Crippen molar-refractivity contribution in [1.82, 2.24) is 0 Å². The van der Waals surface area contributed by atoms with Crippen molar-refractivity contribution in [3.8, 4) is 0 Å². The number of unbranched alkanes of at least 4 members (excludes halogenated alkanes) is 28. The first-order valence-corrected chi connectivity index (χ1v) is 17.6. The number of allylic oxidation sites excluding steroid dienone is 1. The van der Waals surface area contributed by atoms with Crippen LogP contribution in [0.1, 0.15) is 213 Å². The van der Waals surface area contributed by atoms with Crippen LogP contribution in [-0.2, 0) is 4.79 Å². The van der Waals surface area contributed by atoms with Crippen molar-refractivity contribution in [2.75, 3.05) is 0 Å². The predicted molar refractivity (Wildman–Crippen MR) is 174 cm³/mol.